The van der Waals surface area contributed by atoms with Crippen molar-refractivity contribution in [2.45, 2.75) is 6.42 Å². The molecule has 0 fully saturated rings. The van der Waals surface area contributed by atoms with Crippen LogP contribution in [-0.4, -0.2) is 11.8 Å². The van der Waals surface area contributed by atoms with Gasteiger partial charge in [-0.3, -0.25) is 9.59 Å². The minimum atomic E-state index is -3.65. The summed E-state index contributed by atoms with van der Waals surface area (Å²) in [4.78, 5) is 20.8. The molecule has 0 saturated heterocycles. The number of hydrogen-bond donors (Lipinski definition) is 2. The fourth-order valence-corrected chi connectivity index (χ4v) is 0.432. The molecular formula is C7H10BrKN2O5. The molecule has 7 nitrogen and oxygen atoms in total. The Labute approximate surface area is 140 Å². The van der Waals surface area contributed by atoms with E-state index in [-0.39, 0.29) is 69.0 Å². The number of hydrogen-bond acceptors (Lipinski definition) is 5. The third-order valence-electron chi connectivity index (χ3n) is 1.12. The van der Waals surface area contributed by atoms with E-state index >= 15 is 0 Å². The molecule has 0 aromatic rings. The summed E-state index contributed by atoms with van der Waals surface area (Å²) >= 11 is -3.65. The van der Waals surface area contributed by atoms with Crippen LogP contribution >= 0.6 is 0 Å². The van der Waals surface area contributed by atoms with Gasteiger partial charge < -0.3 is 24.1 Å². The van der Waals surface area contributed by atoms with Crippen molar-refractivity contribution >= 4 is 11.8 Å². The van der Waals surface area contributed by atoms with Crippen LogP contribution in [0.2, 0.25) is 0 Å². The number of nitrogens with two attached hydrogens (primary N) is 2. The molecule has 16 heavy (non-hydrogen) atoms. The molecule has 0 aliphatic rings. The summed E-state index contributed by atoms with van der Waals surface area (Å²) in [5.74, 6) is -1.29. The Balaban J connectivity index is -0.000000292. The van der Waals surface area contributed by atoms with Crippen molar-refractivity contribution in [3.63, 3.8) is 0 Å². The predicted octanol–water partition coefficient (Wildman–Crippen LogP) is -7.10. The van der Waals surface area contributed by atoms with Gasteiger partial charge in [-0.2, -0.15) is 0 Å². The Morgan fingerprint density at radius 3 is 1.31 bits per heavy atom. The predicted molar refractivity (Wildman–Crippen MR) is 41.3 cm³/mol. The number of rotatable bonds is 4. The zero-order chi connectivity index (χ0) is 12.6. The molecule has 0 saturated carbocycles. The van der Waals surface area contributed by atoms with E-state index in [4.69, 9.17) is 24.1 Å². The summed E-state index contributed by atoms with van der Waals surface area (Å²) in [7, 11) is 0. The molecule has 4 N–H and O–H groups in total. The first-order chi connectivity index (χ1) is 6.68. The normalized spacial score (nSPS) is 8.25. The number of carbonyl (C=O) groups excluding carboxylic acids is 2. The van der Waals surface area contributed by atoms with Crippen LogP contribution < -0.4 is 75.4 Å². The molecule has 0 heterocycles. The van der Waals surface area contributed by atoms with Crippen molar-refractivity contribution in [2.75, 3.05) is 0 Å². The van der Waals surface area contributed by atoms with Gasteiger partial charge >= 0.3 is 51.4 Å². The number of amides is 2. The fourth-order valence-electron chi connectivity index (χ4n) is 0.432. The summed E-state index contributed by atoms with van der Waals surface area (Å²) in [6.45, 7) is 6.67. The van der Waals surface area contributed by atoms with E-state index in [1.807, 2.05) is 0 Å². The second kappa shape index (κ2) is 11.9. The first-order valence-corrected chi connectivity index (χ1v) is 5.31. The number of halogens is 1. The maximum absolute atomic E-state index is 10.4. The SMILES string of the molecule is C=C(CC(=C)C(N)=O)C(N)=O.[K+].[O-][Br+2]([O-])[O-]. The smallest absolute Gasteiger partial charge is 0.405 e. The minimum Gasteiger partial charge on any atom is -0.405 e. The van der Waals surface area contributed by atoms with E-state index in [9.17, 15) is 9.59 Å². The molecule has 86 valence electrons. The van der Waals surface area contributed by atoms with Gasteiger partial charge in [-0.25, -0.2) is 0 Å². The van der Waals surface area contributed by atoms with E-state index in [0.29, 0.717) is 0 Å². The van der Waals surface area contributed by atoms with Crippen LogP contribution in [0.3, 0.4) is 0 Å². The van der Waals surface area contributed by atoms with Gasteiger partial charge in [0.1, 0.15) is 0 Å². The van der Waals surface area contributed by atoms with E-state index < -0.39 is 26.6 Å². The third-order valence-corrected chi connectivity index (χ3v) is 1.12. The van der Waals surface area contributed by atoms with Gasteiger partial charge in [-0.1, -0.05) is 13.2 Å². The summed E-state index contributed by atoms with van der Waals surface area (Å²) in [5, 5.41) is 0. The van der Waals surface area contributed by atoms with Crippen molar-refractivity contribution in [3.05, 3.63) is 24.3 Å². The first-order valence-electron chi connectivity index (χ1n) is 3.36. The van der Waals surface area contributed by atoms with E-state index in [0.717, 1.165) is 0 Å². The van der Waals surface area contributed by atoms with Crippen LogP contribution in [0, 0.1) is 14.8 Å². The van der Waals surface area contributed by atoms with Crippen LogP contribution in [0.5, 0.6) is 0 Å². The summed E-state index contributed by atoms with van der Waals surface area (Å²) in [6, 6.07) is 0. The van der Waals surface area contributed by atoms with E-state index in [1.165, 1.54) is 0 Å². The standard InChI is InChI=1S/C7H10N2O2.BrO3.K/c1-4(6(8)10)3-5(2)7(9)11;2-1(3)4;/h1-3H2,(H2,8,10)(H2,9,11);;/q;-1;+1. The Kier molecular flexibility index (Phi) is 16.1. The average molecular weight is 321 g/mol. The molecule has 0 radical (unpaired) electrons. The van der Waals surface area contributed by atoms with E-state index in [2.05, 4.69) is 13.2 Å². The van der Waals surface area contributed by atoms with Gasteiger partial charge in [0.25, 0.3) is 0 Å². The molecule has 0 bridgehead atoms. The van der Waals surface area contributed by atoms with Crippen LogP contribution in [-0.2, 0) is 9.59 Å². The fraction of sp³-hybridized carbons (Fsp3) is 0.143. The average Bonchev–Trinajstić information content (AvgIpc) is 2.02. The molecule has 0 unspecified atom stereocenters. The van der Waals surface area contributed by atoms with Crippen LogP contribution in [0.25, 0.3) is 0 Å². The molecule has 0 aliphatic carbocycles. The van der Waals surface area contributed by atoms with Gasteiger partial charge in [0.15, 0.2) is 0 Å². The van der Waals surface area contributed by atoms with Crippen LogP contribution in [0.1, 0.15) is 6.42 Å². The Bertz CT molecular complexity index is 255. The van der Waals surface area contributed by atoms with Crippen LogP contribution in [0.4, 0.5) is 0 Å². The Morgan fingerprint density at radius 2 is 1.19 bits per heavy atom. The zero-order valence-electron chi connectivity index (χ0n) is 8.70. The summed E-state index contributed by atoms with van der Waals surface area (Å²) in [6.07, 6.45) is 0.0463. The zero-order valence-corrected chi connectivity index (χ0v) is 13.4. The van der Waals surface area contributed by atoms with Gasteiger partial charge in [0.2, 0.25) is 26.6 Å². The second-order valence-electron chi connectivity index (χ2n) is 2.30. The van der Waals surface area contributed by atoms with Gasteiger partial charge in [-0.15, -0.1) is 0 Å². The molecular weight excluding hydrogens is 311 g/mol. The largest absolute Gasteiger partial charge is 1.00 e. The monoisotopic (exact) mass is 320 g/mol. The van der Waals surface area contributed by atoms with Gasteiger partial charge in [0, 0.05) is 17.6 Å². The summed E-state index contributed by atoms with van der Waals surface area (Å²) < 4.78 is 25.6. The quantitative estimate of drug-likeness (QED) is 0.389. The first kappa shape index (κ1) is 21.7. The Hall–Kier alpha value is 0.416. The topological polar surface area (TPSA) is 155 Å². The minimum absolute atomic E-state index is 0. The van der Waals surface area contributed by atoms with Gasteiger partial charge in [-0.05, 0) is 0 Å². The van der Waals surface area contributed by atoms with Crippen molar-refractivity contribution < 1.29 is 88.4 Å². The molecule has 0 aromatic heterocycles. The molecule has 0 aliphatic heterocycles. The molecule has 0 aromatic carbocycles. The van der Waals surface area contributed by atoms with Crippen molar-refractivity contribution in [2.24, 2.45) is 11.5 Å². The van der Waals surface area contributed by atoms with Crippen LogP contribution in [0.15, 0.2) is 24.3 Å². The summed E-state index contributed by atoms with van der Waals surface area (Å²) in [5.41, 5.74) is 9.97. The van der Waals surface area contributed by atoms with Gasteiger partial charge in [0.05, 0.1) is 0 Å². The molecule has 0 spiro atoms. The second-order valence-corrected chi connectivity index (χ2v) is 3.09. The van der Waals surface area contributed by atoms with Crippen molar-refractivity contribution in [1.82, 2.24) is 0 Å². The maximum atomic E-state index is 10.4. The maximum Gasteiger partial charge on any atom is 1.00 e. The third kappa shape index (κ3) is 16.8. The Morgan fingerprint density at radius 1 is 1.00 bits per heavy atom. The van der Waals surface area contributed by atoms with Crippen molar-refractivity contribution in [3.8, 4) is 0 Å². The molecule has 2 amide bonds. The molecule has 0 atom stereocenters. The van der Waals surface area contributed by atoms with E-state index in [1.54, 1.807) is 0 Å². The number of carbonyl (C=O) groups is 2. The molecule has 0 rings (SSSR count). The molecule has 9 heteroatoms. The van der Waals surface area contributed by atoms with Crippen molar-refractivity contribution in [1.29, 1.82) is 0 Å². The number of primary amides is 2.